The van der Waals surface area contributed by atoms with Gasteiger partial charge in [0.1, 0.15) is 5.82 Å². The maximum absolute atomic E-state index is 14.0. The van der Waals surface area contributed by atoms with Gasteiger partial charge in [0, 0.05) is 17.5 Å². The highest BCUT2D eigenvalue weighted by Gasteiger charge is 2.18. The second-order valence-electron chi connectivity index (χ2n) is 3.98. The Balaban J connectivity index is 2.45. The van der Waals surface area contributed by atoms with E-state index in [2.05, 4.69) is 10.4 Å². The molecule has 0 spiro atoms. The summed E-state index contributed by atoms with van der Waals surface area (Å²) in [6.45, 7) is 1.88. The molecule has 0 saturated carbocycles. The number of aromatic nitrogens is 1. The minimum atomic E-state index is -0.475. The number of hydrazine groups is 1. The Morgan fingerprint density at radius 3 is 2.72 bits per heavy atom. The fourth-order valence-corrected chi connectivity index (χ4v) is 1.94. The summed E-state index contributed by atoms with van der Waals surface area (Å²) in [6.07, 6.45) is 1.67. The number of halogens is 2. The Morgan fingerprint density at radius 2 is 2.11 bits per heavy atom. The van der Waals surface area contributed by atoms with Gasteiger partial charge in [0.2, 0.25) is 0 Å². The molecule has 0 fully saturated rings. The van der Waals surface area contributed by atoms with E-state index in [0.717, 1.165) is 11.3 Å². The van der Waals surface area contributed by atoms with Crippen molar-refractivity contribution in [2.24, 2.45) is 5.84 Å². The normalized spacial score (nSPS) is 12.4. The van der Waals surface area contributed by atoms with Gasteiger partial charge in [-0.15, -0.1) is 0 Å². The minimum Gasteiger partial charge on any atom is -0.271 e. The fraction of sp³-hybridized carbons (Fsp3) is 0.154. The highest BCUT2D eigenvalue weighted by molar-refractivity contribution is 6.30. The Labute approximate surface area is 110 Å². The molecule has 0 aliphatic heterocycles. The van der Waals surface area contributed by atoms with Crippen LogP contribution in [0.25, 0.3) is 0 Å². The van der Waals surface area contributed by atoms with E-state index in [1.54, 1.807) is 18.3 Å². The molecule has 1 aromatic heterocycles. The first-order chi connectivity index (χ1) is 8.63. The van der Waals surface area contributed by atoms with Gasteiger partial charge in [-0.1, -0.05) is 29.8 Å². The molecule has 2 rings (SSSR count). The first-order valence-corrected chi connectivity index (χ1v) is 5.84. The standard InChI is InChI=1S/C13H13ClFN3/c1-8-5-6-9(7-17-8)13(18-16)10-3-2-4-11(14)12(10)15/h2-7,13,18H,16H2,1H3. The lowest BCUT2D eigenvalue weighted by atomic mass is 10.00. The molecule has 1 heterocycles. The number of benzene rings is 1. The SMILES string of the molecule is Cc1ccc(C(NN)c2cccc(Cl)c2F)cn1. The molecular weight excluding hydrogens is 253 g/mol. The van der Waals surface area contributed by atoms with Crippen molar-refractivity contribution in [3.8, 4) is 0 Å². The van der Waals surface area contributed by atoms with Gasteiger partial charge in [-0.2, -0.15) is 0 Å². The third-order valence-electron chi connectivity index (χ3n) is 2.73. The van der Waals surface area contributed by atoms with Crippen LogP contribution in [0.1, 0.15) is 22.9 Å². The summed E-state index contributed by atoms with van der Waals surface area (Å²) in [5.74, 6) is 5.04. The average molecular weight is 266 g/mol. The first kappa shape index (κ1) is 13.0. The van der Waals surface area contributed by atoms with Crippen molar-refractivity contribution in [1.29, 1.82) is 0 Å². The van der Waals surface area contributed by atoms with Crippen LogP contribution < -0.4 is 11.3 Å². The molecule has 3 nitrogen and oxygen atoms in total. The molecule has 5 heteroatoms. The van der Waals surface area contributed by atoms with Crippen LogP contribution in [0.2, 0.25) is 5.02 Å². The first-order valence-electron chi connectivity index (χ1n) is 5.46. The van der Waals surface area contributed by atoms with E-state index < -0.39 is 11.9 Å². The summed E-state index contributed by atoms with van der Waals surface area (Å²) in [6, 6.07) is 8.06. The Hall–Kier alpha value is -1.49. The molecular formula is C13H13ClFN3. The summed E-state index contributed by atoms with van der Waals surface area (Å²) in [5, 5.41) is 0.0767. The maximum atomic E-state index is 14.0. The van der Waals surface area contributed by atoms with Crippen molar-refractivity contribution in [3.63, 3.8) is 0 Å². The molecule has 2 aromatic rings. The van der Waals surface area contributed by atoms with Crippen molar-refractivity contribution in [1.82, 2.24) is 10.4 Å². The van der Waals surface area contributed by atoms with E-state index in [4.69, 9.17) is 17.4 Å². The zero-order chi connectivity index (χ0) is 13.1. The Kier molecular flexibility index (Phi) is 3.91. The van der Waals surface area contributed by atoms with Crippen LogP contribution in [0.3, 0.4) is 0 Å². The molecule has 18 heavy (non-hydrogen) atoms. The maximum Gasteiger partial charge on any atom is 0.146 e. The van der Waals surface area contributed by atoms with Gasteiger partial charge in [0.15, 0.2) is 0 Å². The number of hydrogen-bond donors (Lipinski definition) is 2. The molecule has 1 aromatic carbocycles. The molecule has 3 N–H and O–H groups in total. The molecule has 0 amide bonds. The number of nitrogens with one attached hydrogen (secondary N) is 1. The number of hydrogen-bond acceptors (Lipinski definition) is 3. The number of nitrogens with two attached hydrogens (primary N) is 1. The Morgan fingerprint density at radius 1 is 1.33 bits per heavy atom. The van der Waals surface area contributed by atoms with Gasteiger partial charge in [-0.25, -0.2) is 9.82 Å². The smallest absolute Gasteiger partial charge is 0.146 e. The monoisotopic (exact) mass is 265 g/mol. The van der Waals surface area contributed by atoms with Gasteiger partial charge < -0.3 is 0 Å². The summed E-state index contributed by atoms with van der Waals surface area (Å²) in [5.41, 5.74) is 4.65. The quantitative estimate of drug-likeness (QED) is 0.663. The average Bonchev–Trinajstić information content (AvgIpc) is 2.37. The summed E-state index contributed by atoms with van der Waals surface area (Å²) in [7, 11) is 0. The van der Waals surface area contributed by atoms with Gasteiger partial charge in [-0.05, 0) is 24.6 Å². The lowest BCUT2D eigenvalue weighted by Gasteiger charge is -2.17. The van der Waals surface area contributed by atoms with E-state index in [0.29, 0.717) is 5.56 Å². The van der Waals surface area contributed by atoms with Crippen molar-refractivity contribution >= 4 is 11.6 Å². The molecule has 0 bridgehead atoms. The molecule has 0 saturated heterocycles. The third kappa shape index (κ3) is 2.51. The van der Waals surface area contributed by atoms with Crippen molar-refractivity contribution in [2.45, 2.75) is 13.0 Å². The fourth-order valence-electron chi connectivity index (χ4n) is 1.76. The van der Waals surface area contributed by atoms with Crippen LogP contribution in [0.4, 0.5) is 4.39 Å². The van der Waals surface area contributed by atoms with Crippen molar-refractivity contribution in [2.75, 3.05) is 0 Å². The van der Waals surface area contributed by atoms with Crippen LogP contribution in [0.15, 0.2) is 36.5 Å². The molecule has 94 valence electrons. The number of nitrogens with zero attached hydrogens (tertiary/aromatic N) is 1. The summed E-state index contributed by atoms with van der Waals surface area (Å²) >= 11 is 5.77. The number of pyridine rings is 1. The molecule has 0 radical (unpaired) electrons. The van der Waals surface area contributed by atoms with Crippen LogP contribution in [-0.4, -0.2) is 4.98 Å². The van der Waals surface area contributed by atoms with E-state index >= 15 is 0 Å². The summed E-state index contributed by atoms with van der Waals surface area (Å²) in [4.78, 5) is 4.17. The zero-order valence-electron chi connectivity index (χ0n) is 9.82. The van der Waals surface area contributed by atoms with Crippen molar-refractivity contribution in [3.05, 3.63) is 64.2 Å². The largest absolute Gasteiger partial charge is 0.271 e. The molecule has 1 unspecified atom stereocenters. The lowest BCUT2D eigenvalue weighted by Crippen LogP contribution is -2.29. The van der Waals surface area contributed by atoms with E-state index in [-0.39, 0.29) is 5.02 Å². The van der Waals surface area contributed by atoms with Crippen LogP contribution in [0, 0.1) is 12.7 Å². The topological polar surface area (TPSA) is 50.9 Å². The number of rotatable bonds is 3. The third-order valence-corrected chi connectivity index (χ3v) is 3.02. The summed E-state index contributed by atoms with van der Waals surface area (Å²) < 4.78 is 14.0. The predicted molar refractivity (Wildman–Crippen MR) is 69.6 cm³/mol. The van der Waals surface area contributed by atoms with E-state index in [1.165, 1.54) is 6.07 Å². The van der Waals surface area contributed by atoms with Gasteiger partial charge in [0.25, 0.3) is 0 Å². The molecule has 0 aliphatic carbocycles. The zero-order valence-corrected chi connectivity index (χ0v) is 10.6. The van der Waals surface area contributed by atoms with Gasteiger partial charge >= 0.3 is 0 Å². The molecule has 1 atom stereocenters. The predicted octanol–water partition coefficient (Wildman–Crippen LogP) is 2.74. The van der Waals surface area contributed by atoms with Gasteiger partial charge in [0.05, 0.1) is 11.1 Å². The molecule has 0 aliphatic rings. The Bertz CT molecular complexity index is 542. The minimum absolute atomic E-state index is 0.0767. The van der Waals surface area contributed by atoms with Gasteiger partial charge in [-0.3, -0.25) is 10.8 Å². The second kappa shape index (κ2) is 5.44. The second-order valence-corrected chi connectivity index (χ2v) is 4.38. The van der Waals surface area contributed by atoms with Crippen molar-refractivity contribution < 1.29 is 4.39 Å². The van der Waals surface area contributed by atoms with Crippen LogP contribution in [-0.2, 0) is 0 Å². The van der Waals surface area contributed by atoms with E-state index in [1.807, 2.05) is 19.1 Å². The highest BCUT2D eigenvalue weighted by Crippen LogP contribution is 2.27. The highest BCUT2D eigenvalue weighted by atomic mass is 35.5. The van der Waals surface area contributed by atoms with Crippen LogP contribution in [0.5, 0.6) is 0 Å². The number of aryl methyl sites for hydroxylation is 1. The van der Waals surface area contributed by atoms with E-state index in [9.17, 15) is 4.39 Å². The lowest BCUT2D eigenvalue weighted by molar-refractivity contribution is 0.559. The van der Waals surface area contributed by atoms with Crippen LogP contribution >= 0.6 is 11.6 Å².